The molecule has 0 saturated heterocycles. The maximum Gasteiger partial charge on any atom is 0.229 e. The molecule has 26 heavy (non-hydrogen) atoms. The maximum absolute atomic E-state index is 5.85. The number of aryl methyl sites for hydroxylation is 2. The van der Waals surface area contributed by atoms with Crippen LogP contribution in [0, 0.1) is 13.8 Å². The van der Waals surface area contributed by atoms with E-state index in [4.69, 9.17) is 4.74 Å². The molecule has 5 heteroatoms. The predicted molar refractivity (Wildman–Crippen MR) is 107 cm³/mol. The number of anilines is 4. The Morgan fingerprint density at radius 3 is 2.54 bits per heavy atom. The zero-order valence-electron chi connectivity index (χ0n) is 15.6. The molecule has 0 saturated carbocycles. The molecule has 0 amide bonds. The maximum atomic E-state index is 5.85. The fraction of sp³-hybridized carbons (Fsp3) is 0.238. The minimum Gasteiger partial charge on any atom is -0.489 e. The van der Waals surface area contributed by atoms with Crippen LogP contribution in [0.25, 0.3) is 0 Å². The number of rotatable bonds is 6. The number of ether oxygens (including phenoxy) is 1. The van der Waals surface area contributed by atoms with E-state index in [2.05, 4.69) is 52.6 Å². The van der Waals surface area contributed by atoms with Crippen molar-refractivity contribution in [3.8, 4) is 5.75 Å². The lowest BCUT2D eigenvalue weighted by molar-refractivity contribution is 0.244. The van der Waals surface area contributed by atoms with Crippen LogP contribution in [0.1, 0.15) is 25.0 Å². The summed E-state index contributed by atoms with van der Waals surface area (Å²) in [5.41, 5.74) is 4.21. The Morgan fingerprint density at radius 1 is 0.923 bits per heavy atom. The quantitative estimate of drug-likeness (QED) is 0.627. The molecule has 134 valence electrons. The molecule has 5 nitrogen and oxygen atoms in total. The molecular formula is C21H24N4O. The molecule has 0 fully saturated rings. The van der Waals surface area contributed by atoms with Crippen LogP contribution in [0.4, 0.5) is 23.1 Å². The third-order valence-corrected chi connectivity index (χ3v) is 3.81. The van der Waals surface area contributed by atoms with Gasteiger partial charge in [0.2, 0.25) is 5.95 Å². The van der Waals surface area contributed by atoms with Crippen LogP contribution in [0.3, 0.4) is 0 Å². The van der Waals surface area contributed by atoms with Crippen molar-refractivity contribution in [3.05, 3.63) is 65.9 Å². The fourth-order valence-corrected chi connectivity index (χ4v) is 2.54. The summed E-state index contributed by atoms with van der Waals surface area (Å²) < 4.78 is 5.85. The summed E-state index contributed by atoms with van der Waals surface area (Å²) in [4.78, 5) is 8.89. The molecular weight excluding hydrogens is 324 g/mol. The van der Waals surface area contributed by atoms with E-state index >= 15 is 0 Å². The molecule has 0 aliphatic rings. The van der Waals surface area contributed by atoms with Crippen molar-refractivity contribution in [2.75, 3.05) is 10.6 Å². The molecule has 3 aromatic rings. The summed E-state index contributed by atoms with van der Waals surface area (Å²) in [6, 6.07) is 15.9. The zero-order chi connectivity index (χ0) is 18.5. The van der Waals surface area contributed by atoms with Gasteiger partial charge < -0.3 is 15.4 Å². The molecule has 0 aliphatic carbocycles. The van der Waals surface area contributed by atoms with Crippen LogP contribution in [-0.4, -0.2) is 16.1 Å². The number of nitrogens with one attached hydrogen (secondary N) is 2. The Morgan fingerprint density at radius 2 is 1.73 bits per heavy atom. The highest BCUT2D eigenvalue weighted by atomic mass is 16.5. The second kappa shape index (κ2) is 7.87. The van der Waals surface area contributed by atoms with Crippen molar-refractivity contribution in [1.82, 2.24) is 9.97 Å². The Labute approximate surface area is 154 Å². The van der Waals surface area contributed by atoms with Crippen molar-refractivity contribution in [2.45, 2.75) is 33.8 Å². The van der Waals surface area contributed by atoms with E-state index in [0.717, 1.165) is 22.7 Å². The van der Waals surface area contributed by atoms with Crippen LogP contribution in [-0.2, 0) is 0 Å². The SMILES string of the molecule is Cc1ccc(C)c(Nc2nccc(Nc3ccccc3OC(C)C)n2)c1. The van der Waals surface area contributed by atoms with Crippen LogP contribution in [0.2, 0.25) is 0 Å². The molecule has 0 radical (unpaired) electrons. The van der Waals surface area contributed by atoms with Crippen molar-refractivity contribution in [3.63, 3.8) is 0 Å². The molecule has 0 spiro atoms. The highest BCUT2D eigenvalue weighted by Crippen LogP contribution is 2.28. The van der Waals surface area contributed by atoms with Crippen molar-refractivity contribution >= 4 is 23.1 Å². The van der Waals surface area contributed by atoms with Crippen LogP contribution >= 0.6 is 0 Å². The van der Waals surface area contributed by atoms with Crippen LogP contribution in [0.5, 0.6) is 5.75 Å². The van der Waals surface area contributed by atoms with Gasteiger partial charge in [0.25, 0.3) is 0 Å². The lowest BCUT2D eigenvalue weighted by Crippen LogP contribution is -2.08. The summed E-state index contributed by atoms with van der Waals surface area (Å²) in [7, 11) is 0. The summed E-state index contributed by atoms with van der Waals surface area (Å²) in [6.45, 7) is 8.14. The average molecular weight is 348 g/mol. The molecule has 3 rings (SSSR count). The second-order valence-electron chi connectivity index (χ2n) is 6.50. The van der Waals surface area contributed by atoms with Gasteiger partial charge in [-0.05, 0) is 63.1 Å². The van der Waals surface area contributed by atoms with E-state index in [0.29, 0.717) is 11.8 Å². The minimum atomic E-state index is 0.102. The van der Waals surface area contributed by atoms with Gasteiger partial charge in [0.05, 0.1) is 11.8 Å². The first-order valence-electron chi connectivity index (χ1n) is 8.71. The van der Waals surface area contributed by atoms with Gasteiger partial charge in [0.1, 0.15) is 11.6 Å². The third kappa shape index (κ3) is 4.51. The number of nitrogens with zero attached hydrogens (tertiary/aromatic N) is 2. The van der Waals surface area contributed by atoms with E-state index < -0.39 is 0 Å². The lowest BCUT2D eigenvalue weighted by Gasteiger charge is -2.15. The van der Waals surface area contributed by atoms with Gasteiger partial charge >= 0.3 is 0 Å². The fourth-order valence-electron chi connectivity index (χ4n) is 2.54. The number of aromatic nitrogens is 2. The van der Waals surface area contributed by atoms with Crippen LogP contribution in [0.15, 0.2) is 54.7 Å². The van der Waals surface area contributed by atoms with Crippen molar-refractivity contribution in [1.29, 1.82) is 0 Å². The van der Waals surface area contributed by atoms with Gasteiger partial charge in [-0.2, -0.15) is 4.98 Å². The van der Waals surface area contributed by atoms with E-state index in [-0.39, 0.29) is 6.10 Å². The Kier molecular flexibility index (Phi) is 5.37. The highest BCUT2D eigenvalue weighted by Gasteiger charge is 2.07. The first-order valence-corrected chi connectivity index (χ1v) is 8.71. The zero-order valence-corrected chi connectivity index (χ0v) is 15.6. The molecule has 0 bridgehead atoms. The highest BCUT2D eigenvalue weighted by molar-refractivity contribution is 5.65. The normalized spacial score (nSPS) is 10.7. The molecule has 1 aromatic heterocycles. The predicted octanol–water partition coefficient (Wildman–Crippen LogP) is 5.37. The van der Waals surface area contributed by atoms with Gasteiger partial charge in [0.15, 0.2) is 0 Å². The molecule has 2 aromatic carbocycles. The first kappa shape index (κ1) is 17.7. The molecule has 2 N–H and O–H groups in total. The average Bonchev–Trinajstić information content (AvgIpc) is 2.60. The van der Waals surface area contributed by atoms with Gasteiger partial charge in [-0.15, -0.1) is 0 Å². The summed E-state index contributed by atoms with van der Waals surface area (Å²) >= 11 is 0. The van der Waals surface area contributed by atoms with E-state index in [1.54, 1.807) is 6.20 Å². The van der Waals surface area contributed by atoms with E-state index in [1.165, 1.54) is 5.56 Å². The number of hydrogen-bond donors (Lipinski definition) is 2. The lowest BCUT2D eigenvalue weighted by atomic mass is 10.1. The Bertz CT molecular complexity index is 893. The monoisotopic (exact) mass is 348 g/mol. The number of para-hydroxylation sites is 2. The van der Waals surface area contributed by atoms with Gasteiger partial charge in [-0.25, -0.2) is 4.98 Å². The number of benzene rings is 2. The van der Waals surface area contributed by atoms with Crippen LogP contribution < -0.4 is 15.4 Å². The Hall–Kier alpha value is -3.08. The topological polar surface area (TPSA) is 59.1 Å². The second-order valence-corrected chi connectivity index (χ2v) is 6.50. The summed E-state index contributed by atoms with van der Waals surface area (Å²) in [6.07, 6.45) is 1.83. The van der Waals surface area contributed by atoms with E-state index in [9.17, 15) is 0 Å². The minimum absolute atomic E-state index is 0.102. The summed E-state index contributed by atoms with van der Waals surface area (Å²) in [5.74, 6) is 2.05. The molecule has 1 heterocycles. The molecule has 0 aliphatic heterocycles. The third-order valence-electron chi connectivity index (χ3n) is 3.81. The van der Waals surface area contributed by atoms with E-state index in [1.807, 2.05) is 44.2 Å². The standard InChI is InChI=1S/C21H24N4O/c1-14(2)26-19-8-6-5-7-17(19)23-20-11-12-22-21(25-20)24-18-13-15(3)9-10-16(18)4/h5-14H,1-4H3,(H2,22,23,24,25). The first-order chi connectivity index (χ1) is 12.5. The van der Waals surface area contributed by atoms with Crippen molar-refractivity contribution < 1.29 is 4.74 Å². The van der Waals surface area contributed by atoms with Crippen molar-refractivity contribution in [2.24, 2.45) is 0 Å². The van der Waals surface area contributed by atoms with Gasteiger partial charge in [-0.1, -0.05) is 24.3 Å². The largest absolute Gasteiger partial charge is 0.489 e. The van der Waals surface area contributed by atoms with Gasteiger partial charge in [0, 0.05) is 11.9 Å². The summed E-state index contributed by atoms with van der Waals surface area (Å²) in [5, 5.41) is 6.61. The number of hydrogen-bond acceptors (Lipinski definition) is 5. The molecule has 0 atom stereocenters. The smallest absolute Gasteiger partial charge is 0.229 e. The van der Waals surface area contributed by atoms with Gasteiger partial charge in [-0.3, -0.25) is 0 Å². The molecule has 0 unspecified atom stereocenters. The Balaban J connectivity index is 1.81.